The Kier molecular flexibility index (Phi) is 5.62. The first-order valence-corrected chi connectivity index (χ1v) is 7.60. The molecule has 0 saturated carbocycles. The molecule has 4 nitrogen and oxygen atoms in total. The van der Waals surface area contributed by atoms with E-state index in [2.05, 4.69) is 5.09 Å². The molecule has 0 spiro atoms. The van der Waals surface area contributed by atoms with Gasteiger partial charge in [-0.05, 0) is 45.0 Å². The molecular formula is C12H17F3NO3P. The Balaban J connectivity index is 2.87. The van der Waals surface area contributed by atoms with Crippen LogP contribution in [0, 0.1) is 0 Å². The number of halogens is 3. The van der Waals surface area contributed by atoms with Crippen molar-refractivity contribution in [1.82, 2.24) is 5.09 Å². The Morgan fingerprint density at radius 1 is 1.25 bits per heavy atom. The van der Waals surface area contributed by atoms with Gasteiger partial charge in [-0.25, -0.2) is 9.65 Å². The Morgan fingerprint density at radius 2 is 1.80 bits per heavy atom. The van der Waals surface area contributed by atoms with Crippen molar-refractivity contribution in [2.24, 2.45) is 0 Å². The predicted molar refractivity (Wildman–Crippen MR) is 69.6 cm³/mol. The fourth-order valence-electron chi connectivity index (χ4n) is 1.42. The minimum Gasteiger partial charge on any atom is -0.413 e. The zero-order valence-electron chi connectivity index (χ0n) is 11.4. The first-order valence-electron chi connectivity index (χ1n) is 6.05. The molecule has 8 heteroatoms. The Hall–Kier alpha value is -1.04. The van der Waals surface area contributed by atoms with Gasteiger partial charge in [0.15, 0.2) is 0 Å². The second-order valence-corrected chi connectivity index (χ2v) is 6.01. The Labute approximate surface area is 115 Å². The molecule has 0 radical (unpaired) electrons. The zero-order valence-corrected chi connectivity index (χ0v) is 12.3. The van der Waals surface area contributed by atoms with Crippen molar-refractivity contribution in [1.29, 1.82) is 0 Å². The molecule has 0 bridgehead atoms. The molecule has 0 heterocycles. The van der Waals surface area contributed by atoms with Crippen LogP contribution in [0.3, 0.4) is 0 Å². The van der Waals surface area contributed by atoms with Crippen LogP contribution in [0.2, 0.25) is 0 Å². The van der Waals surface area contributed by atoms with Crippen LogP contribution in [0.1, 0.15) is 26.3 Å². The molecule has 0 amide bonds. The van der Waals surface area contributed by atoms with Gasteiger partial charge in [0.25, 0.3) is 0 Å². The quantitative estimate of drug-likeness (QED) is 0.799. The van der Waals surface area contributed by atoms with Gasteiger partial charge < -0.3 is 4.52 Å². The largest absolute Gasteiger partial charge is 0.458 e. The summed E-state index contributed by atoms with van der Waals surface area (Å²) in [4.78, 5) is 0. The zero-order chi connectivity index (χ0) is 15.4. The standard InChI is InChI=1S/C12H17F3NO3P/c1-4-18-20(17,16-9(2)3)19-11-7-5-10(6-8-11)12(13,14)15/h5-9H,4H2,1-3H3,(H,16,17). The maximum Gasteiger partial charge on any atom is 0.458 e. The summed E-state index contributed by atoms with van der Waals surface area (Å²) < 4.78 is 59.8. The normalized spacial score (nSPS) is 15.2. The maximum absolute atomic E-state index is 12.4. The summed E-state index contributed by atoms with van der Waals surface area (Å²) in [6.07, 6.45) is -4.42. The van der Waals surface area contributed by atoms with E-state index in [1.807, 2.05) is 0 Å². The lowest BCUT2D eigenvalue weighted by Gasteiger charge is -2.21. The van der Waals surface area contributed by atoms with Crippen molar-refractivity contribution < 1.29 is 26.8 Å². The monoisotopic (exact) mass is 311 g/mol. The summed E-state index contributed by atoms with van der Waals surface area (Å²) in [5, 5.41) is 2.64. The highest BCUT2D eigenvalue weighted by Gasteiger charge is 2.31. The van der Waals surface area contributed by atoms with Gasteiger partial charge in [0.1, 0.15) is 5.75 Å². The molecule has 114 valence electrons. The van der Waals surface area contributed by atoms with Gasteiger partial charge in [-0.2, -0.15) is 13.2 Å². The van der Waals surface area contributed by atoms with E-state index in [0.29, 0.717) is 0 Å². The lowest BCUT2D eigenvalue weighted by molar-refractivity contribution is -0.137. The van der Waals surface area contributed by atoms with Crippen molar-refractivity contribution in [3.8, 4) is 5.75 Å². The number of nitrogens with one attached hydrogen (secondary N) is 1. The van der Waals surface area contributed by atoms with Gasteiger partial charge in [0, 0.05) is 6.04 Å². The third kappa shape index (κ3) is 5.15. The van der Waals surface area contributed by atoms with Crippen molar-refractivity contribution in [2.75, 3.05) is 6.61 Å². The average Bonchev–Trinajstić information content (AvgIpc) is 2.27. The highest BCUT2D eigenvalue weighted by Crippen LogP contribution is 2.45. The molecule has 0 aromatic heterocycles. The second kappa shape index (κ2) is 6.61. The molecular weight excluding hydrogens is 294 g/mol. The number of alkyl halides is 3. The highest BCUT2D eigenvalue weighted by molar-refractivity contribution is 7.52. The van der Waals surface area contributed by atoms with E-state index >= 15 is 0 Å². The molecule has 1 aromatic rings. The second-order valence-electron chi connectivity index (χ2n) is 4.31. The highest BCUT2D eigenvalue weighted by atomic mass is 31.2. The van der Waals surface area contributed by atoms with Crippen molar-refractivity contribution in [2.45, 2.75) is 33.0 Å². The van der Waals surface area contributed by atoms with E-state index in [1.165, 1.54) is 0 Å². The van der Waals surface area contributed by atoms with E-state index in [-0.39, 0.29) is 18.4 Å². The lowest BCUT2D eigenvalue weighted by Crippen LogP contribution is -2.23. The van der Waals surface area contributed by atoms with E-state index < -0.39 is 19.5 Å². The molecule has 0 aliphatic heterocycles. The van der Waals surface area contributed by atoms with Crippen LogP contribution in [0.5, 0.6) is 5.75 Å². The number of benzene rings is 1. The number of rotatable bonds is 6. The molecule has 1 rings (SSSR count). The van der Waals surface area contributed by atoms with Gasteiger partial charge in [-0.15, -0.1) is 0 Å². The van der Waals surface area contributed by atoms with Crippen LogP contribution in [0.4, 0.5) is 13.2 Å². The summed E-state index contributed by atoms with van der Waals surface area (Å²) >= 11 is 0. The maximum atomic E-state index is 12.4. The molecule has 0 saturated heterocycles. The fraction of sp³-hybridized carbons (Fsp3) is 0.500. The molecule has 0 aliphatic rings. The van der Waals surface area contributed by atoms with Crippen LogP contribution in [-0.4, -0.2) is 12.6 Å². The predicted octanol–water partition coefficient (Wildman–Crippen LogP) is 4.23. The van der Waals surface area contributed by atoms with Crippen LogP contribution < -0.4 is 9.61 Å². The van der Waals surface area contributed by atoms with E-state index in [0.717, 1.165) is 24.3 Å². The molecule has 1 atom stereocenters. The smallest absolute Gasteiger partial charge is 0.413 e. The molecule has 1 N–H and O–H groups in total. The molecule has 20 heavy (non-hydrogen) atoms. The van der Waals surface area contributed by atoms with Gasteiger partial charge >= 0.3 is 13.9 Å². The Bertz CT molecular complexity index is 474. The third-order valence-electron chi connectivity index (χ3n) is 2.12. The van der Waals surface area contributed by atoms with Gasteiger partial charge in [0.2, 0.25) is 0 Å². The number of hydrogen-bond donors (Lipinski definition) is 1. The van der Waals surface area contributed by atoms with Crippen LogP contribution in [-0.2, 0) is 15.3 Å². The minimum absolute atomic E-state index is 0.0444. The summed E-state index contributed by atoms with van der Waals surface area (Å²) in [6, 6.07) is 3.77. The van der Waals surface area contributed by atoms with Gasteiger partial charge in [-0.1, -0.05) is 0 Å². The average molecular weight is 311 g/mol. The molecule has 0 fully saturated rings. The number of hydrogen-bond acceptors (Lipinski definition) is 3. The molecule has 1 unspecified atom stereocenters. The Morgan fingerprint density at radius 3 is 2.20 bits per heavy atom. The lowest BCUT2D eigenvalue weighted by atomic mass is 10.2. The summed E-state index contributed by atoms with van der Waals surface area (Å²) in [5.41, 5.74) is -0.798. The van der Waals surface area contributed by atoms with E-state index in [9.17, 15) is 17.7 Å². The van der Waals surface area contributed by atoms with Crippen molar-refractivity contribution in [3.63, 3.8) is 0 Å². The first-order chi connectivity index (χ1) is 9.16. The molecule has 1 aromatic carbocycles. The SMILES string of the molecule is CCOP(=O)(NC(C)C)Oc1ccc(C(F)(F)F)cc1. The minimum atomic E-state index is -4.42. The molecule has 0 aliphatic carbocycles. The van der Waals surface area contributed by atoms with Crippen LogP contribution in [0.15, 0.2) is 24.3 Å². The van der Waals surface area contributed by atoms with Crippen LogP contribution >= 0.6 is 7.75 Å². The first kappa shape index (κ1) is 17.0. The summed E-state index contributed by atoms with van der Waals surface area (Å²) in [6.45, 7) is 5.30. The van der Waals surface area contributed by atoms with Gasteiger partial charge in [0.05, 0.1) is 12.2 Å². The topological polar surface area (TPSA) is 47.6 Å². The summed E-state index contributed by atoms with van der Waals surface area (Å²) in [7, 11) is -3.58. The van der Waals surface area contributed by atoms with E-state index in [1.54, 1.807) is 20.8 Å². The van der Waals surface area contributed by atoms with Crippen molar-refractivity contribution >= 4 is 7.75 Å². The van der Waals surface area contributed by atoms with E-state index in [4.69, 9.17) is 9.05 Å². The van der Waals surface area contributed by atoms with Crippen LogP contribution in [0.25, 0.3) is 0 Å². The van der Waals surface area contributed by atoms with Gasteiger partial charge in [-0.3, -0.25) is 4.52 Å². The third-order valence-corrected chi connectivity index (χ3v) is 4.00. The summed E-state index contributed by atoms with van der Waals surface area (Å²) in [5.74, 6) is 0.0444. The fourth-order valence-corrected chi connectivity index (χ4v) is 2.97. The van der Waals surface area contributed by atoms with Crippen molar-refractivity contribution in [3.05, 3.63) is 29.8 Å².